The predicted octanol–water partition coefficient (Wildman–Crippen LogP) is 3.35. The Labute approximate surface area is 137 Å². The van der Waals surface area contributed by atoms with Gasteiger partial charge in [-0.3, -0.25) is 10.1 Å². The molecule has 1 aliphatic rings. The van der Waals surface area contributed by atoms with Gasteiger partial charge in [-0.2, -0.15) is 0 Å². The van der Waals surface area contributed by atoms with E-state index in [2.05, 4.69) is 11.9 Å². The molecule has 1 atom stereocenters. The Balaban J connectivity index is 2.04. The highest BCUT2D eigenvalue weighted by atomic mass is 16.6. The van der Waals surface area contributed by atoms with E-state index < -0.39 is 11.7 Å². The number of imide groups is 1. The molecule has 0 saturated carbocycles. The molecule has 5 nitrogen and oxygen atoms in total. The van der Waals surface area contributed by atoms with Gasteiger partial charge in [0.15, 0.2) is 0 Å². The van der Waals surface area contributed by atoms with Crippen LogP contribution in [0.2, 0.25) is 0 Å². The molecule has 1 N–H and O–H groups in total. The van der Waals surface area contributed by atoms with E-state index in [9.17, 15) is 9.59 Å². The first-order valence-corrected chi connectivity index (χ1v) is 7.83. The van der Waals surface area contributed by atoms with Crippen LogP contribution in [-0.4, -0.2) is 30.2 Å². The van der Waals surface area contributed by atoms with Crippen LogP contribution in [0.25, 0.3) is 6.08 Å². The summed E-state index contributed by atoms with van der Waals surface area (Å²) in [6.45, 7) is 9.82. The molecule has 1 aliphatic heterocycles. The van der Waals surface area contributed by atoms with Gasteiger partial charge in [-0.05, 0) is 51.3 Å². The lowest BCUT2D eigenvalue weighted by Crippen LogP contribution is -2.47. The number of alkyl carbamates (subject to hydrolysis) is 1. The van der Waals surface area contributed by atoms with Gasteiger partial charge in [-0.1, -0.05) is 24.8 Å². The summed E-state index contributed by atoms with van der Waals surface area (Å²) in [6, 6.07) is 7.51. The van der Waals surface area contributed by atoms with E-state index in [4.69, 9.17) is 4.74 Å². The van der Waals surface area contributed by atoms with Crippen LogP contribution in [-0.2, 0) is 9.53 Å². The van der Waals surface area contributed by atoms with Gasteiger partial charge in [0, 0.05) is 12.2 Å². The standard InChI is InChI=1S/C18H24N2O3/c1-5-13-8-10-14(11-9-13)20-12-6-7-15(20)16(21)19-17(22)23-18(2,3)4/h5,8-11,15H,1,6-7,12H2,2-4H3,(H,19,21,22)/t15-/m1/s1. The number of nitrogens with one attached hydrogen (secondary N) is 1. The van der Waals surface area contributed by atoms with E-state index in [0.29, 0.717) is 0 Å². The molecule has 23 heavy (non-hydrogen) atoms. The molecule has 0 aromatic heterocycles. The molecule has 0 radical (unpaired) electrons. The normalized spacial score (nSPS) is 17.7. The van der Waals surface area contributed by atoms with Gasteiger partial charge in [0.2, 0.25) is 0 Å². The van der Waals surface area contributed by atoms with Gasteiger partial charge in [0.1, 0.15) is 11.6 Å². The summed E-state index contributed by atoms with van der Waals surface area (Å²) in [7, 11) is 0. The Hall–Kier alpha value is -2.30. The predicted molar refractivity (Wildman–Crippen MR) is 91.3 cm³/mol. The van der Waals surface area contributed by atoms with Gasteiger partial charge in [-0.15, -0.1) is 0 Å². The largest absolute Gasteiger partial charge is 0.444 e. The van der Waals surface area contributed by atoms with Crippen molar-refractivity contribution in [3.05, 3.63) is 36.4 Å². The highest BCUT2D eigenvalue weighted by Crippen LogP contribution is 2.26. The zero-order valence-electron chi connectivity index (χ0n) is 14.0. The molecule has 0 unspecified atom stereocenters. The Morgan fingerprint density at radius 3 is 2.52 bits per heavy atom. The Morgan fingerprint density at radius 1 is 1.30 bits per heavy atom. The number of carbonyl (C=O) groups is 2. The molecule has 1 aromatic carbocycles. The summed E-state index contributed by atoms with van der Waals surface area (Å²) in [5, 5.41) is 2.34. The molecule has 1 aromatic rings. The minimum absolute atomic E-state index is 0.315. The van der Waals surface area contributed by atoms with Crippen molar-refractivity contribution in [2.24, 2.45) is 0 Å². The second-order valence-corrected chi connectivity index (χ2v) is 6.64. The summed E-state index contributed by atoms with van der Waals surface area (Å²) in [4.78, 5) is 26.2. The topological polar surface area (TPSA) is 58.6 Å². The fourth-order valence-electron chi connectivity index (χ4n) is 2.64. The van der Waals surface area contributed by atoms with Crippen LogP contribution in [0.4, 0.5) is 10.5 Å². The first-order valence-electron chi connectivity index (χ1n) is 7.83. The molecule has 124 valence electrons. The maximum Gasteiger partial charge on any atom is 0.414 e. The summed E-state index contributed by atoms with van der Waals surface area (Å²) < 4.78 is 5.14. The molecule has 1 heterocycles. The molecule has 0 spiro atoms. The minimum atomic E-state index is -0.698. The van der Waals surface area contributed by atoms with Crippen LogP contribution in [0.1, 0.15) is 39.2 Å². The number of ether oxygens (including phenoxy) is 1. The summed E-state index contributed by atoms with van der Waals surface area (Å²) in [5.74, 6) is -0.315. The van der Waals surface area contributed by atoms with Crippen molar-refractivity contribution in [2.45, 2.75) is 45.3 Å². The summed E-state index contributed by atoms with van der Waals surface area (Å²) >= 11 is 0. The van der Waals surface area contributed by atoms with Crippen molar-refractivity contribution in [3.63, 3.8) is 0 Å². The molecule has 5 heteroatoms. The Bertz CT molecular complexity index is 587. The number of anilines is 1. The molecule has 1 fully saturated rings. The van der Waals surface area contributed by atoms with E-state index in [1.165, 1.54) is 0 Å². The highest BCUT2D eigenvalue weighted by molar-refractivity contribution is 5.97. The lowest BCUT2D eigenvalue weighted by atomic mass is 10.1. The molecule has 1 saturated heterocycles. The van der Waals surface area contributed by atoms with Crippen molar-refractivity contribution in [3.8, 4) is 0 Å². The van der Waals surface area contributed by atoms with Gasteiger partial charge in [0.25, 0.3) is 5.91 Å². The maximum absolute atomic E-state index is 12.4. The van der Waals surface area contributed by atoms with E-state index in [1.54, 1.807) is 26.8 Å². The highest BCUT2D eigenvalue weighted by Gasteiger charge is 2.32. The Kier molecular flexibility index (Phi) is 5.08. The lowest BCUT2D eigenvalue weighted by molar-refractivity contribution is -0.121. The lowest BCUT2D eigenvalue weighted by Gasteiger charge is -2.26. The number of nitrogens with zero attached hydrogens (tertiary/aromatic N) is 1. The van der Waals surface area contributed by atoms with Gasteiger partial charge in [-0.25, -0.2) is 4.79 Å². The number of amides is 2. The first kappa shape index (κ1) is 17.1. The number of benzene rings is 1. The fraction of sp³-hybridized carbons (Fsp3) is 0.444. The minimum Gasteiger partial charge on any atom is -0.444 e. The van der Waals surface area contributed by atoms with Crippen LogP contribution in [0.15, 0.2) is 30.8 Å². The van der Waals surface area contributed by atoms with E-state index in [1.807, 2.05) is 29.2 Å². The van der Waals surface area contributed by atoms with Crippen molar-refractivity contribution in [1.82, 2.24) is 5.32 Å². The molecule has 0 bridgehead atoms. The summed E-state index contributed by atoms with van der Waals surface area (Å²) in [5.41, 5.74) is 1.38. The fourth-order valence-corrected chi connectivity index (χ4v) is 2.64. The number of carbonyl (C=O) groups excluding carboxylic acids is 2. The van der Waals surface area contributed by atoms with Gasteiger partial charge < -0.3 is 9.64 Å². The zero-order chi connectivity index (χ0) is 17.0. The van der Waals surface area contributed by atoms with Crippen LogP contribution in [0.5, 0.6) is 0 Å². The van der Waals surface area contributed by atoms with Crippen molar-refractivity contribution in [2.75, 3.05) is 11.4 Å². The second-order valence-electron chi connectivity index (χ2n) is 6.64. The summed E-state index contributed by atoms with van der Waals surface area (Å²) in [6.07, 6.45) is 2.71. The van der Waals surface area contributed by atoms with Crippen LogP contribution in [0.3, 0.4) is 0 Å². The first-order chi connectivity index (χ1) is 10.8. The van der Waals surface area contributed by atoms with Crippen LogP contribution in [0, 0.1) is 0 Å². The molecular weight excluding hydrogens is 292 g/mol. The second kappa shape index (κ2) is 6.86. The Morgan fingerprint density at radius 2 is 1.96 bits per heavy atom. The van der Waals surface area contributed by atoms with E-state index in [-0.39, 0.29) is 11.9 Å². The van der Waals surface area contributed by atoms with E-state index in [0.717, 1.165) is 30.6 Å². The smallest absolute Gasteiger partial charge is 0.414 e. The average molecular weight is 316 g/mol. The number of hydrogen-bond donors (Lipinski definition) is 1. The monoisotopic (exact) mass is 316 g/mol. The third kappa shape index (κ3) is 4.58. The van der Waals surface area contributed by atoms with Crippen LogP contribution >= 0.6 is 0 Å². The number of hydrogen-bond acceptors (Lipinski definition) is 4. The SMILES string of the molecule is C=Cc1ccc(N2CCC[C@@H]2C(=O)NC(=O)OC(C)(C)C)cc1. The quantitative estimate of drug-likeness (QED) is 0.929. The van der Waals surface area contributed by atoms with Crippen molar-refractivity contribution < 1.29 is 14.3 Å². The average Bonchev–Trinajstić information content (AvgIpc) is 2.94. The maximum atomic E-state index is 12.4. The third-order valence-electron chi connectivity index (χ3n) is 3.64. The van der Waals surface area contributed by atoms with Crippen LogP contribution < -0.4 is 10.2 Å². The third-order valence-corrected chi connectivity index (χ3v) is 3.64. The van der Waals surface area contributed by atoms with Crippen molar-refractivity contribution >= 4 is 23.8 Å². The van der Waals surface area contributed by atoms with E-state index >= 15 is 0 Å². The van der Waals surface area contributed by atoms with Crippen molar-refractivity contribution in [1.29, 1.82) is 0 Å². The van der Waals surface area contributed by atoms with Gasteiger partial charge in [0.05, 0.1) is 0 Å². The molecule has 0 aliphatic carbocycles. The number of rotatable bonds is 3. The molecule has 2 rings (SSSR count). The zero-order valence-corrected chi connectivity index (χ0v) is 14.0. The molecular formula is C18H24N2O3. The molecule has 2 amide bonds. The van der Waals surface area contributed by atoms with Gasteiger partial charge >= 0.3 is 6.09 Å².